The lowest BCUT2D eigenvalue weighted by Crippen LogP contribution is -2.50. The zero-order chi connectivity index (χ0) is 13.2. The number of carbonyl (C=O) groups is 2. The Balaban J connectivity index is 2.70. The zero-order valence-corrected chi connectivity index (χ0v) is 10.3. The first-order chi connectivity index (χ1) is 7.82. The fraction of sp³-hybridized carbons (Fsp3) is 0.818. The zero-order valence-electron chi connectivity index (χ0n) is 10.3. The van der Waals surface area contributed by atoms with Crippen molar-refractivity contribution in [2.75, 3.05) is 6.54 Å². The third kappa shape index (κ3) is 3.41. The van der Waals surface area contributed by atoms with Gasteiger partial charge in [0.15, 0.2) is 0 Å². The molecule has 98 valence electrons. The minimum absolute atomic E-state index is 0.137. The van der Waals surface area contributed by atoms with Crippen molar-refractivity contribution in [3.63, 3.8) is 0 Å². The molecule has 1 heterocycles. The van der Waals surface area contributed by atoms with Crippen LogP contribution in [0.1, 0.15) is 26.7 Å². The van der Waals surface area contributed by atoms with E-state index in [-0.39, 0.29) is 18.9 Å². The van der Waals surface area contributed by atoms with E-state index in [2.05, 4.69) is 0 Å². The van der Waals surface area contributed by atoms with Crippen molar-refractivity contribution in [3.8, 4) is 0 Å². The minimum Gasteiger partial charge on any atom is -0.391 e. The van der Waals surface area contributed by atoms with Gasteiger partial charge in [0.05, 0.1) is 12.1 Å². The van der Waals surface area contributed by atoms with Crippen molar-refractivity contribution in [1.29, 1.82) is 0 Å². The Hall–Kier alpha value is -1.14. The molecular formula is C11H21N3O3. The average molecular weight is 243 g/mol. The van der Waals surface area contributed by atoms with Crippen LogP contribution >= 0.6 is 0 Å². The van der Waals surface area contributed by atoms with Crippen LogP contribution in [-0.4, -0.2) is 46.6 Å². The second-order valence-corrected chi connectivity index (χ2v) is 5.03. The molecule has 0 bridgehead atoms. The van der Waals surface area contributed by atoms with Gasteiger partial charge >= 0.3 is 0 Å². The Bertz CT molecular complexity index is 306. The number of aliphatic hydroxyl groups is 1. The fourth-order valence-electron chi connectivity index (χ4n) is 2.15. The quantitative estimate of drug-likeness (QED) is 0.576. The SMILES string of the molecule is CC(C)C[C@@H](N)C(=O)N1CC(O)CC1C(N)=O. The third-order valence-electron chi connectivity index (χ3n) is 2.93. The predicted octanol–water partition coefficient (Wildman–Crippen LogP) is -1.19. The number of carbonyl (C=O) groups excluding carboxylic acids is 2. The van der Waals surface area contributed by atoms with Crippen molar-refractivity contribution in [3.05, 3.63) is 0 Å². The lowest BCUT2D eigenvalue weighted by Gasteiger charge is -2.25. The van der Waals surface area contributed by atoms with Crippen LogP contribution in [-0.2, 0) is 9.59 Å². The number of rotatable bonds is 4. The number of primary amides is 1. The topological polar surface area (TPSA) is 110 Å². The lowest BCUT2D eigenvalue weighted by atomic mass is 10.0. The van der Waals surface area contributed by atoms with Gasteiger partial charge in [-0.15, -0.1) is 0 Å². The van der Waals surface area contributed by atoms with E-state index in [4.69, 9.17) is 11.5 Å². The van der Waals surface area contributed by atoms with Crippen molar-refractivity contribution < 1.29 is 14.7 Å². The fourth-order valence-corrected chi connectivity index (χ4v) is 2.15. The maximum Gasteiger partial charge on any atom is 0.240 e. The highest BCUT2D eigenvalue weighted by Gasteiger charge is 2.39. The van der Waals surface area contributed by atoms with Crippen LogP contribution in [0.3, 0.4) is 0 Å². The van der Waals surface area contributed by atoms with Crippen LogP contribution in [0.2, 0.25) is 0 Å². The van der Waals surface area contributed by atoms with Gasteiger partial charge in [-0.3, -0.25) is 9.59 Å². The van der Waals surface area contributed by atoms with Crippen LogP contribution in [0.5, 0.6) is 0 Å². The molecule has 0 aromatic rings. The number of hydrogen-bond donors (Lipinski definition) is 3. The van der Waals surface area contributed by atoms with E-state index in [1.165, 1.54) is 4.90 Å². The van der Waals surface area contributed by atoms with E-state index in [1.54, 1.807) is 0 Å². The number of hydrogen-bond acceptors (Lipinski definition) is 4. The monoisotopic (exact) mass is 243 g/mol. The average Bonchev–Trinajstić information content (AvgIpc) is 2.58. The second kappa shape index (κ2) is 5.46. The molecule has 0 aliphatic carbocycles. The van der Waals surface area contributed by atoms with E-state index in [0.717, 1.165) is 0 Å². The van der Waals surface area contributed by atoms with Gasteiger partial charge in [-0.1, -0.05) is 13.8 Å². The maximum absolute atomic E-state index is 12.0. The molecule has 0 radical (unpaired) electrons. The summed E-state index contributed by atoms with van der Waals surface area (Å²) in [5, 5.41) is 9.49. The molecule has 2 unspecified atom stereocenters. The van der Waals surface area contributed by atoms with Crippen molar-refractivity contribution in [2.24, 2.45) is 17.4 Å². The highest BCUT2D eigenvalue weighted by atomic mass is 16.3. The van der Waals surface area contributed by atoms with Gasteiger partial charge in [0, 0.05) is 13.0 Å². The highest BCUT2D eigenvalue weighted by Crippen LogP contribution is 2.19. The Kier molecular flexibility index (Phi) is 4.47. The molecule has 1 saturated heterocycles. The molecule has 3 atom stereocenters. The van der Waals surface area contributed by atoms with Crippen molar-refractivity contribution >= 4 is 11.8 Å². The third-order valence-corrected chi connectivity index (χ3v) is 2.93. The molecule has 6 nitrogen and oxygen atoms in total. The first-order valence-corrected chi connectivity index (χ1v) is 5.86. The van der Waals surface area contributed by atoms with Crippen LogP contribution in [0.15, 0.2) is 0 Å². The van der Waals surface area contributed by atoms with Crippen LogP contribution in [0.25, 0.3) is 0 Å². The van der Waals surface area contributed by atoms with E-state index in [1.807, 2.05) is 13.8 Å². The molecule has 0 aromatic carbocycles. The van der Waals surface area contributed by atoms with Crippen molar-refractivity contribution in [1.82, 2.24) is 4.90 Å². The van der Waals surface area contributed by atoms with Gasteiger partial charge in [-0.2, -0.15) is 0 Å². The summed E-state index contributed by atoms with van der Waals surface area (Å²) in [7, 11) is 0. The van der Waals surface area contributed by atoms with Crippen LogP contribution in [0, 0.1) is 5.92 Å². The molecule has 1 aliphatic heterocycles. The largest absolute Gasteiger partial charge is 0.391 e. The number of likely N-dealkylation sites (tertiary alicyclic amines) is 1. The van der Waals surface area contributed by atoms with E-state index in [9.17, 15) is 14.7 Å². The van der Waals surface area contributed by atoms with Crippen LogP contribution in [0.4, 0.5) is 0 Å². The van der Waals surface area contributed by atoms with E-state index >= 15 is 0 Å². The Morgan fingerprint density at radius 2 is 2.06 bits per heavy atom. The molecule has 0 aromatic heterocycles. The maximum atomic E-state index is 12.0. The molecule has 0 saturated carbocycles. The summed E-state index contributed by atoms with van der Waals surface area (Å²) in [6.07, 6.45) is 0.0644. The predicted molar refractivity (Wildman–Crippen MR) is 62.7 cm³/mol. The summed E-state index contributed by atoms with van der Waals surface area (Å²) in [6.45, 7) is 4.08. The Morgan fingerprint density at radius 1 is 1.47 bits per heavy atom. The number of nitrogens with two attached hydrogens (primary N) is 2. The van der Waals surface area contributed by atoms with Gasteiger partial charge in [0.25, 0.3) is 0 Å². The molecule has 1 rings (SSSR count). The number of nitrogens with zero attached hydrogens (tertiary/aromatic N) is 1. The molecule has 1 fully saturated rings. The normalized spacial score (nSPS) is 26.3. The molecule has 0 spiro atoms. The Morgan fingerprint density at radius 3 is 2.53 bits per heavy atom. The van der Waals surface area contributed by atoms with Gasteiger partial charge in [-0.05, 0) is 12.3 Å². The van der Waals surface area contributed by atoms with Gasteiger partial charge in [0.1, 0.15) is 6.04 Å². The summed E-state index contributed by atoms with van der Waals surface area (Å²) in [5.41, 5.74) is 11.0. The summed E-state index contributed by atoms with van der Waals surface area (Å²) in [6, 6.07) is -1.36. The second-order valence-electron chi connectivity index (χ2n) is 5.03. The molecule has 5 N–H and O–H groups in total. The number of aliphatic hydroxyl groups excluding tert-OH is 1. The molecule has 1 aliphatic rings. The van der Waals surface area contributed by atoms with Gasteiger partial charge in [-0.25, -0.2) is 0 Å². The highest BCUT2D eigenvalue weighted by molar-refractivity contribution is 5.89. The van der Waals surface area contributed by atoms with E-state index in [0.29, 0.717) is 12.3 Å². The summed E-state index contributed by atoms with van der Waals surface area (Å²) < 4.78 is 0. The molecule has 17 heavy (non-hydrogen) atoms. The first kappa shape index (κ1) is 13.9. The summed E-state index contributed by atoms with van der Waals surface area (Å²) in [5.74, 6) is -0.598. The smallest absolute Gasteiger partial charge is 0.240 e. The van der Waals surface area contributed by atoms with Crippen molar-refractivity contribution in [2.45, 2.75) is 44.9 Å². The van der Waals surface area contributed by atoms with Gasteiger partial charge < -0.3 is 21.5 Å². The molecule has 6 heteroatoms. The summed E-state index contributed by atoms with van der Waals surface area (Å²) in [4.78, 5) is 24.5. The molecular weight excluding hydrogens is 222 g/mol. The Labute approximate surface area is 101 Å². The van der Waals surface area contributed by atoms with E-state index < -0.39 is 24.1 Å². The number of amides is 2. The van der Waals surface area contributed by atoms with Gasteiger partial charge in [0.2, 0.25) is 11.8 Å². The lowest BCUT2D eigenvalue weighted by molar-refractivity contribution is -0.138. The first-order valence-electron chi connectivity index (χ1n) is 5.86. The minimum atomic E-state index is -0.726. The molecule has 2 amide bonds. The standard InChI is InChI=1S/C11H21N3O3/c1-6(2)3-8(12)11(17)14-5-7(15)4-9(14)10(13)16/h6-9,15H,3-5,12H2,1-2H3,(H2,13,16)/t7?,8-,9?/m1/s1. The van der Waals surface area contributed by atoms with Crippen LogP contribution < -0.4 is 11.5 Å². The summed E-state index contributed by atoms with van der Waals surface area (Å²) >= 11 is 0. The number of β-amino-alcohol motifs (C(OH)–C–C–N with tert-alkyl or cyclic N) is 1.